The Kier molecular flexibility index (Phi) is 13.8. The van der Waals surface area contributed by atoms with Gasteiger partial charge in [0, 0.05) is 28.3 Å². The maximum atomic E-state index is 13.1. The zero-order valence-corrected chi connectivity index (χ0v) is 29.4. The number of phenols is 1. The standard InChI is InChI=1S/C20H12Cl3N5O8S2.Cu.2Na/c21-15-18(22)25-20(23)26-19(15)24-9-1-3-11-8(5-9)6-14(38(34,35)36)16(17(11)30)28-27-12-7-10(37(31,32)33)2-4-13(12)29;;;/h1-7,27,29H,(H,24,25,26)(H,31,32,33)(H,34,35,36);;;/q;;2*+1. The Labute approximate surface area is 302 Å². The summed E-state index contributed by atoms with van der Waals surface area (Å²) in [6.07, 6.45) is 0.966. The molecule has 0 fully saturated rings. The largest absolute Gasteiger partial charge is 1.00 e. The Morgan fingerprint density at radius 3 is 2.17 bits per heavy atom. The van der Waals surface area contributed by atoms with E-state index < -0.39 is 47.3 Å². The van der Waals surface area contributed by atoms with Crippen LogP contribution >= 0.6 is 34.8 Å². The third kappa shape index (κ3) is 8.88. The van der Waals surface area contributed by atoms with E-state index >= 15 is 0 Å². The fraction of sp³-hybridized carbons (Fsp3) is 0. The van der Waals surface area contributed by atoms with Gasteiger partial charge in [-0.25, -0.2) is 4.98 Å². The number of fused-ring (bicyclic) bond motifs is 1. The van der Waals surface area contributed by atoms with E-state index in [1.807, 2.05) is 0 Å². The van der Waals surface area contributed by atoms with Crippen molar-refractivity contribution >= 4 is 89.8 Å². The molecule has 0 spiro atoms. The molecule has 1 aliphatic carbocycles. The summed E-state index contributed by atoms with van der Waals surface area (Å²) in [4.78, 5) is 19.2. The number of hydrogen-bond acceptors (Lipinski definition) is 11. The van der Waals surface area contributed by atoms with Gasteiger partial charge in [0.05, 0.1) is 10.6 Å². The van der Waals surface area contributed by atoms with Crippen molar-refractivity contribution in [3.63, 3.8) is 0 Å². The van der Waals surface area contributed by atoms with Gasteiger partial charge in [-0.15, -0.1) is 0 Å². The third-order valence-corrected chi connectivity index (χ3v) is 7.52. The number of allylic oxidation sites excluding steroid dienone is 1. The first-order valence-electron chi connectivity index (χ1n) is 9.83. The molecule has 1 radical (unpaired) electrons. The molecule has 5 N–H and O–H groups in total. The number of anilines is 3. The van der Waals surface area contributed by atoms with Gasteiger partial charge in [-0.05, 0) is 59.6 Å². The molecule has 1 aromatic heterocycles. The third-order valence-electron chi connectivity index (χ3n) is 4.91. The number of aromatic hydroxyl groups is 1. The molecule has 0 bridgehead atoms. The van der Waals surface area contributed by atoms with Crippen LogP contribution in [0.25, 0.3) is 6.08 Å². The average Bonchev–Trinajstić information content (AvgIpc) is 2.81. The van der Waals surface area contributed by atoms with Gasteiger partial charge < -0.3 is 10.4 Å². The Morgan fingerprint density at radius 1 is 0.902 bits per heavy atom. The van der Waals surface area contributed by atoms with Gasteiger partial charge in [-0.2, -0.15) is 26.9 Å². The van der Waals surface area contributed by atoms with E-state index in [0.717, 1.165) is 24.3 Å². The van der Waals surface area contributed by atoms with Crippen LogP contribution in [-0.4, -0.2) is 52.5 Å². The molecule has 1 aliphatic rings. The van der Waals surface area contributed by atoms with Crippen molar-refractivity contribution in [3.8, 4) is 5.75 Å². The second-order valence-corrected chi connectivity index (χ2v) is 11.3. The average molecular weight is 730 g/mol. The summed E-state index contributed by atoms with van der Waals surface area (Å²) in [6.45, 7) is 0. The molecular formula is C20H12Cl3CuN5Na2O8S2+2. The Hall–Kier alpha value is -0.791. The van der Waals surface area contributed by atoms with Crippen LogP contribution in [0, 0.1) is 0 Å². The molecule has 0 aliphatic heterocycles. The topological polar surface area (TPSA) is 208 Å². The van der Waals surface area contributed by atoms with Crippen LogP contribution < -0.4 is 69.9 Å². The number of nitrogens with one attached hydrogen (secondary N) is 2. The number of ketones is 1. The molecule has 41 heavy (non-hydrogen) atoms. The van der Waals surface area contributed by atoms with Gasteiger partial charge in [-0.3, -0.25) is 19.3 Å². The number of carbonyl (C=O) groups excluding carboxylic acids is 1. The van der Waals surface area contributed by atoms with E-state index in [9.17, 15) is 35.8 Å². The van der Waals surface area contributed by atoms with Gasteiger partial charge >= 0.3 is 59.1 Å². The van der Waals surface area contributed by atoms with Gasteiger partial charge in [0.1, 0.15) is 15.7 Å². The van der Waals surface area contributed by atoms with Crippen LogP contribution in [0.4, 0.5) is 17.2 Å². The van der Waals surface area contributed by atoms with Crippen LogP contribution in [0.15, 0.2) is 51.3 Å². The van der Waals surface area contributed by atoms with E-state index in [1.54, 1.807) is 0 Å². The minimum absolute atomic E-state index is 0. The predicted molar refractivity (Wildman–Crippen MR) is 140 cm³/mol. The first kappa shape index (κ1) is 38.2. The van der Waals surface area contributed by atoms with Gasteiger partial charge in [-0.1, -0.05) is 23.2 Å². The summed E-state index contributed by atoms with van der Waals surface area (Å²) in [5, 5.41) is 16.1. The van der Waals surface area contributed by atoms with Crippen LogP contribution in [0.5, 0.6) is 5.75 Å². The van der Waals surface area contributed by atoms with E-state index in [2.05, 4.69) is 25.8 Å². The summed E-state index contributed by atoms with van der Waals surface area (Å²) >= 11 is 17.7. The van der Waals surface area contributed by atoms with Crippen molar-refractivity contribution in [2.45, 2.75) is 4.90 Å². The van der Waals surface area contributed by atoms with Crippen molar-refractivity contribution in [1.82, 2.24) is 9.97 Å². The van der Waals surface area contributed by atoms with Gasteiger partial charge in [0.15, 0.2) is 16.7 Å². The van der Waals surface area contributed by atoms with Crippen LogP contribution in [0.1, 0.15) is 15.9 Å². The summed E-state index contributed by atoms with van der Waals surface area (Å²) in [7, 11) is -9.67. The molecule has 13 nitrogen and oxygen atoms in total. The quantitative estimate of drug-likeness (QED) is 0.0468. The second kappa shape index (κ2) is 14.8. The number of hydrazone groups is 1. The SMILES string of the molecule is O=C1C(=NNc2cc(S(=O)(=O)O)ccc2O)C(S(=O)(=O)O)=Cc2cc(Nc3nc(Cl)nc(Cl)c3Cl)ccc21.[Cu].[Na+].[Na+]. The van der Waals surface area contributed by atoms with E-state index in [1.165, 1.54) is 18.2 Å². The zero-order chi connectivity index (χ0) is 28.0. The van der Waals surface area contributed by atoms with Crippen LogP contribution in [0.2, 0.25) is 15.5 Å². The Morgan fingerprint density at radius 2 is 1.56 bits per heavy atom. The van der Waals surface area contributed by atoms with E-state index in [-0.39, 0.29) is 120 Å². The number of halogens is 3. The maximum absolute atomic E-state index is 13.1. The molecule has 0 saturated heterocycles. The number of hydrogen-bond donors (Lipinski definition) is 5. The monoisotopic (exact) mass is 728 g/mol. The number of benzene rings is 2. The van der Waals surface area contributed by atoms with Gasteiger partial charge in [0.2, 0.25) is 11.1 Å². The normalized spacial score (nSPS) is 13.6. The second-order valence-electron chi connectivity index (χ2n) is 7.41. The molecule has 0 saturated carbocycles. The van der Waals surface area contributed by atoms with Crippen molar-refractivity contribution < 1.29 is 112 Å². The molecule has 1 heterocycles. The molecule has 209 valence electrons. The summed E-state index contributed by atoms with van der Waals surface area (Å²) in [6, 6.07) is 6.71. The number of phenolic OH excluding ortho intramolecular Hbond substituents is 1. The predicted octanol–water partition coefficient (Wildman–Crippen LogP) is -1.97. The first-order valence-corrected chi connectivity index (χ1v) is 13.8. The van der Waals surface area contributed by atoms with Crippen molar-refractivity contribution in [2.24, 2.45) is 5.10 Å². The van der Waals surface area contributed by atoms with Crippen molar-refractivity contribution in [2.75, 3.05) is 10.7 Å². The summed E-state index contributed by atoms with van der Waals surface area (Å²) in [5.41, 5.74) is 1.34. The summed E-state index contributed by atoms with van der Waals surface area (Å²) in [5.74, 6) is -1.45. The molecule has 21 heteroatoms. The van der Waals surface area contributed by atoms with E-state index in [4.69, 9.17) is 34.8 Å². The molecule has 2 aromatic carbocycles. The molecule has 0 amide bonds. The minimum atomic E-state index is -5.01. The van der Waals surface area contributed by atoms with E-state index in [0.29, 0.717) is 0 Å². The maximum Gasteiger partial charge on any atom is 1.00 e. The van der Waals surface area contributed by atoms with Gasteiger partial charge in [0.25, 0.3) is 20.2 Å². The number of nitrogens with zero attached hydrogens (tertiary/aromatic N) is 3. The molecule has 0 unspecified atom stereocenters. The molecule has 0 atom stereocenters. The number of carbonyl (C=O) groups is 1. The number of aromatic nitrogens is 2. The first-order chi connectivity index (χ1) is 17.6. The Balaban J connectivity index is 0.00000280. The Bertz CT molecular complexity index is 1810. The fourth-order valence-corrected chi connectivity index (χ4v) is 4.89. The van der Waals surface area contributed by atoms with Crippen molar-refractivity contribution in [1.29, 1.82) is 0 Å². The van der Waals surface area contributed by atoms with Crippen LogP contribution in [-0.2, 0) is 37.3 Å². The zero-order valence-electron chi connectivity index (χ0n) is 20.5. The smallest absolute Gasteiger partial charge is 0.506 e. The molecule has 3 aromatic rings. The molecular weight excluding hydrogens is 718 g/mol. The summed E-state index contributed by atoms with van der Waals surface area (Å²) < 4.78 is 65.9. The van der Waals surface area contributed by atoms with Crippen LogP contribution in [0.3, 0.4) is 0 Å². The number of Topliss-reactive ketones (excluding diaryl/α,β-unsaturated/α-hetero) is 1. The number of rotatable bonds is 6. The fourth-order valence-electron chi connectivity index (χ4n) is 3.21. The minimum Gasteiger partial charge on any atom is -0.506 e. The van der Waals surface area contributed by atoms with Crippen molar-refractivity contribution in [3.05, 3.63) is 67.9 Å². The molecule has 4 rings (SSSR count).